The molecular formula is C14H19N3O2. The van der Waals surface area contributed by atoms with Gasteiger partial charge in [-0.15, -0.1) is 10.2 Å². The standard InChI is InChI=1S/C14H19N3O2/c1-11-15-16-14(19-11)10-17(2)9-8-13(18)12-6-4-3-5-7-12/h3-7,13,18H,8-10H2,1-2H3/t13-/m1/s1. The molecular weight excluding hydrogens is 242 g/mol. The summed E-state index contributed by atoms with van der Waals surface area (Å²) in [5, 5.41) is 17.8. The number of aryl methyl sites for hydroxylation is 1. The zero-order valence-electron chi connectivity index (χ0n) is 11.3. The van der Waals surface area contributed by atoms with Gasteiger partial charge in [0.05, 0.1) is 12.6 Å². The normalized spacial score (nSPS) is 12.8. The van der Waals surface area contributed by atoms with Gasteiger partial charge in [-0.1, -0.05) is 30.3 Å². The van der Waals surface area contributed by atoms with Gasteiger partial charge < -0.3 is 9.52 Å². The Kier molecular flexibility index (Phi) is 4.65. The van der Waals surface area contributed by atoms with Crippen LogP contribution in [0.2, 0.25) is 0 Å². The van der Waals surface area contributed by atoms with Gasteiger partial charge in [-0.25, -0.2) is 0 Å². The molecule has 0 amide bonds. The summed E-state index contributed by atoms with van der Waals surface area (Å²) in [6.07, 6.45) is 0.237. The first-order valence-electron chi connectivity index (χ1n) is 6.35. The summed E-state index contributed by atoms with van der Waals surface area (Å²) in [5.74, 6) is 1.18. The Balaban J connectivity index is 1.79. The molecule has 0 fully saturated rings. The highest BCUT2D eigenvalue weighted by molar-refractivity contribution is 5.17. The van der Waals surface area contributed by atoms with Gasteiger partial charge in [0, 0.05) is 13.5 Å². The molecule has 0 aliphatic rings. The second-order valence-electron chi connectivity index (χ2n) is 4.67. The minimum absolute atomic E-state index is 0.437. The first-order chi connectivity index (χ1) is 9.15. The molecule has 1 aromatic heterocycles. The summed E-state index contributed by atoms with van der Waals surface area (Å²) in [6.45, 7) is 3.13. The zero-order chi connectivity index (χ0) is 13.7. The fraction of sp³-hybridized carbons (Fsp3) is 0.429. The lowest BCUT2D eigenvalue weighted by Gasteiger charge is -2.17. The van der Waals surface area contributed by atoms with Crippen molar-refractivity contribution in [3.63, 3.8) is 0 Å². The quantitative estimate of drug-likeness (QED) is 0.861. The smallest absolute Gasteiger partial charge is 0.230 e. The molecule has 0 bridgehead atoms. The van der Waals surface area contributed by atoms with E-state index < -0.39 is 6.10 Å². The average Bonchev–Trinajstić information content (AvgIpc) is 2.82. The first kappa shape index (κ1) is 13.7. The Morgan fingerprint density at radius 1 is 1.26 bits per heavy atom. The Labute approximate surface area is 112 Å². The van der Waals surface area contributed by atoms with E-state index >= 15 is 0 Å². The van der Waals surface area contributed by atoms with Gasteiger partial charge in [0.25, 0.3) is 0 Å². The van der Waals surface area contributed by atoms with Crippen LogP contribution in [0.3, 0.4) is 0 Å². The molecule has 0 unspecified atom stereocenters. The highest BCUT2D eigenvalue weighted by Gasteiger charge is 2.10. The van der Waals surface area contributed by atoms with Gasteiger partial charge in [0.1, 0.15) is 0 Å². The van der Waals surface area contributed by atoms with Crippen molar-refractivity contribution in [2.24, 2.45) is 0 Å². The summed E-state index contributed by atoms with van der Waals surface area (Å²) in [7, 11) is 1.97. The fourth-order valence-electron chi connectivity index (χ4n) is 1.90. The molecule has 19 heavy (non-hydrogen) atoms. The molecule has 5 nitrogen and oxygen atoms in total. The molecule has 0 saturated heterocycles. The molecule has 0 aliphatic carbocycles. The molecule has 0 saturated carbocycles. The van der Waals surface area contributed by atoms with Crippen molar-refractivity contribution in [2.75, 3.05) is 13.6 Å². The topological polar surface area (TPSA) is 62.4 Å². The van der Waals surface area contributed by atoms with E-state index in [0.29, 0.717) is 24.7 Å². The molecule has 1 atom stereocenters. The SMILES string of the molecule is Cc1nnc(CN(C)CC[C@@H](O)c2ccccc2)o1. The molecule has 2 rings (SSSR count). The molecule has 0 aliphatic heterocycles. The van der Waals surface area contributed by atoms with Crippen molar-refractivity contribution in [3.8, 4) is 0 Å². The first-order valence-corrected chi connectivity index (χ1v) is 6.35. The minimum Gasteiger partial charge on any atom is -0.424 e. The second kappa shape index (κ2) is 6.45. The third-order valence-electron chi connectivity index (χ3n) is 2.94. The van der Waals surface area contributed by atoms with E-state index in [4.69, 9.17) is 4.42 Å². The third-order valence-corrected chi connectivity index (χ3v) is 2.94. The van der Waals surface area contributed by atoms with Crippen LogP contribution in [0, 0.1) is 6.92 Å². The highest BCUT2D eigenvalue weighted by Crippen LogP contribution is 2.16. The highest BCUT2D eigenvalue weighted by atomic mass is 16.4. The minimum atomic E-state index is -0.437. The number of rotatable bonds is 6. The second-order valence-corrected chi connectivity index (χ2v) is 4.67. The Hall–Kier alpha value is -1.72. The van der Waals surface area contributed by atoms with Crippen LogP contribution in [-0.4, -0.2) is 33.8 Å². The molecule has 5 heteroatoms. The van der Waals surface area contributed by atoms with Crippen LogP contribution < -0.4 is 0 Å². The van der Waals surface area contributed by atoms with Crippen molar-refractivity contribution in [2.45, 2.75) is 26.0 Å². The van der Waals surface area contributed by atoms with Crippen molar-refractivity contribution < 1.29 is 9.52 Å². The summed E-state index contributed by atoms with van der Waals surface area (Å²) in [6, 6.07) is 9.69. The van der Waals surface area contributed by atoms with Crippen LogP contribution in [-0.2, 0) is 6.54 Å². The molecule has 0 radical (unpaired) electrons. The van der Waals surface area contributed by atoms with Gasteiger partial charge in [-0.05, 0) is 19.0 Å². The largest absolute Gasteiger partial charge is 0.424 e. The number of aliphatic hydroxyl groups excluding tert-OH is 1. The van der Waals surface area contributed by atoms with Crippen LogP contribution in [0.5, 0.6) is 0 Å². The van der Waals surface area contributed by atoms with E-state index in [0.717, 1.165) is 12.1 Å². The average molecular weight is 261 g/mol. The van der Waals surface area contributed by atoms with Crippen LogP contribution >= 0.6 is 0 Å². The van der Waals surface area contributed by atoms with Crippen LogP contribution in [0.15, 0.2) is 34.7 Å². The van der Waals surface area contributed by atoms with Gasteiger partial charge >= 0.3 is 0 Å². The van der Waals surface area contributed by atoms with E-state index in [1.807, 2.05) is 37.4 Å². The summed E-state index contributed by atoms with van der Waals surface area (Å²) >= 11 is 0. The van der Waals surface area contributed by atoms with Gasteiger partial charge in [-0.2, -0.15) is 0 Å². The van der Waals surface area contributed by atoms with E-state index in [1.54, 1.807) is 6.92 Å². The van der Waals surface area contributed by atoms with E-state index in [-0.39, 0.29) is 0 Å². The van der Waals surface area contributed by atoms with Gasteiger partial charge in [-0.3, -0.25) is 4.90 Å². The van der Waals surface area contributed by atoms with Crippen molar-refractivity contribution in [1.29, 1.82) is 0 Å². The predicted molar refractivity (Wildman–Crippen MR) is 71.4 cm³/mol. The van der Waals surface area contributed by atoms with Crippen LogP contribution in [0.25, 0.3) is 0 Å². The van der Waals surface area contributed by atoms with Gasteiger partial charge in [0.15, 0.2) is 0 Å². The van der Waals surface area contributed by atoms with Crippen LogP contribution in [0.4, 0.5) is 0 Å². The molecule has 1 aromatic carbocycles. The van der Waals surface area contributed by atoms with Crippen molar-refractivity contribution in [1.82, 2.24) is 15.1 Å². The molecule has 0 spiro atoms. The summed E-state index contributed by atoms with van der Waals surface area (Å²) < 4.78 is 5.32. The number of hydrogen-bond donors (Lipinski definition) is 1. The number of nitrogens with zero attached hydrogens (tertiary/aromatic N) is 3. The number of aliphatic hydroxyl groups is 1. The van der Waals surface area contributed by atoms with E-state index in [9.17, 15) is 5.11 Å². The molecule has 102 valence electrons. The Morgan fingerprint density at radius 2 is 2.00 bits per heavy atom. The van der Waals surface area contributed by atoms with Crippen molar-refractivity contribution >= 4 is 0 Å². The van der Waals surface area contributed by atoms with E-state index in [1.165, 1.54) is 0 Å². The van der Waals surface area contributed by atoms with Crippen LogP contribution in [0.1, 0.15) is 29.9 Å². The Bertz CT molecular complexity index is 498. The number of benzene rings is 1. The molecule has 1 heterocycles. The lowest BCUT2D eigenvalue weighted by Crippen LogP contribution is -2.21. The maximum atomic E-state index is 10.1. The maximum Gasteiger partial charge on any atom is 0.230 e. The Morgan fingerprint density at radius 3 is 2.63 bits per heavy atom. The number of aromatic nitrogens is 2. The third kappa shape index (κ3) is 4.15. The van der Waals surface area contributed by atoms with Crippen molar-refractivity contribution in [3.05, 3.63) is 47.7 Å². The zero-order valence-corrected chi connectivity index (χ0v) is 11.3. The molecule has 2 aromatic rings. The summed E-state index contributed by atoms with van der Waals surface area (Å²) in [5.41, 5.74) is 0.949. The monoisotopic (exact) mass is 261 g/mol. The lowest BCUT2D eigenvalue weighted by atomic mass is 10.1. The summed E-state index contributed by atoms with van der Waals surface area (Å²) in [4.78, 5) is 2.05. The lowest BCUT2D eigenvalue weighted by molar-refractivity contribution is 0.145. The predicted octanol–water partition coefficient (Wildman–Crippen LogP) is 1.93. The number of hydrogen-bond acceptors (Lipinski definition) is 5. The van der Waals surface area contributed by atoms with Gasteiger partial charge in [0.2, 0.25) is 11.8 Å². The fourth-order valence-corrected chi connectivity index (χ4v) is 1.90. The van der Waals surface area contributed by atoms with E-state index in [2.05, 4.69) is 15.1 Å². The molecule has 1 N–H and O–H groups in total. The maximum absolute atomic E-state index is 10.1.